The van der Waals surface area contributed by atoms with Crippen molar-refractivity contribution in [3.8, 4) is 0 Å². The third-order valence-electron chi connectivity index (χ3n) is 4.17. The fourth-order valence-corrected chi connectivity index (χ4v) is 2.96. The van der Waals surface area contributed by atoms with Crippen LogP contribution in [0.4, 0.5) is 0 Å². The third-order valence-corrected chi connectivity index (χ3v) is 4.17. The second kappa shape index (κ2) is 13.4. The highest BCUT2D eigenvalue weighted by molar-refractivity contribution is 5.68. The zero-order valence-corrected chi connectivity index (χ0v) is 17.6. The van der Waals surface area contributed by atoms with Gasteiger partial charge in [-0.15, -0.1) is 0 Å². The molecule has 0 bridgehead atoms. The van der Waals surface area contributed by atoms with Crippen LogP contribution in [0.25, 0.3) is 10.4 Å². The van der Waals surface area contributed by atoms with Gasteiger partial charge in [0.05, 0.1) is 0 Å². The third kappa shape index (κ3) is 9.64. The van der Waals surface area contributed by atoms with E-state index in [1.807, 2.05) is 0 Å². The topological polar surface area (TPSA) is 183 Å². The standard InChI is InChI=1S/C18H27N3O10/c1-10(22)28-9-13-16(29-11(2)23)17(30-12(3)24)15(20-21-19)18(31-13)27-8-6-4-5-7-14(25)26/h13,15-18H,4-9H2,1-3H3,(H,25,26). The highest BCUT2D eigenvalue weighted by Gasteiger charge is 2.50. The van der Waals surface area contributed by atoms with Gasteiger partial charge in [-0.2, -0.15) is 0 Å². The predicted octanol–water partition coefficient (Wildman–Crippen LogP) is 1.48. The lowest BCUT2D eigenvalue weighted by Gasteiger charge is -2.43. The molecule has 0 aromatic rings. The summed E-state index contributed by atoms with van der Waals surface area (Å²) in [5.41, 5.74) is 8.97. The number of unbranched alkanes of at least 4 members (excludes halogenated alkanes) is 2. The number of azide groups is 1. The Hall–Kier alpha value is -2.89. The maximum atomic E-state index is 11.6. The summed E-state index contributed by atoms with van der Waals surface area (Å²) in [6, 6.07) is -1.19. The number of rotatable bonds is 12. The number of aliphatic carboxylic acids is 1. The van der Waals surface area contributed by atoms with Crippen LogP contribution in [0.3, 0.4) is 0 Å². The number of hydrogen-bond acceptors (Lipinski definition) is 10. The second-order valence-electron chi connectivity index (χ2n) is 6.76. The molecule has 1 fully saturated rings. The number of ether oxygens (including phenoxy) is 5. The number of carbonyl (C=O) groups is 4. The van der Waals surface area contributed by atoms with E-state index in [0.717, 1.165) is 13.8 Å². The Morgan fingerprint density at radius 1 is 1.00 bits per heavy atom. The summed E-state index contributed by atoms with van der Waals surface area (Å²) in [5, 5.41) is 12.3. The van der Waals surface area contributed by atoms with E-state index in [-0.39, 0.29) is 19.6 Å². The van der Waals surface area contributed by atoms with E-state index in [2.05, 4.69) is 10.0 Å². The highest BCUT2D eigenvalue weighted by atomic mass is 16.7. The minimum atomic E-state index is -1.25. The number of nitrogens with zero attached hydrogens (tertiary/aromatic N) is 3. The molecule has 0 saturated carbocycles. The largest absolute Gasteiger partial charge is 0.481 e. The smallest absolute Gasteiger partial charge is 0.303 e. The number of carboxylic acid groups (broad SMARTS) is 1. The molecule has 1 N–H and O–H groups in total. The van der Waals surface area contributed by atoms with Crippen LogP contribution >= 0.6 is 0 Å². The van der Waals surface area contributed by atoms with Gasteiger partial charge in [-0.05, 0) is 18.4 Å². The lowest BCUT2D eigenvalue weighted by atomic mass is 9.97. The first-order valence-electron chi connectivity index (χ1n) is 9.66. The number of hydrogen-bond donors (Lipinski definition) is 1. The van der Waals surface area contributed by atoms with E-state index in [4.69, 9.17) is 34.3 Å². The van der Waals surface area contributed by atoms with Gasteiger partial charge in [0.2, 0.25) is 0 Å². The molecular weight excluding hydrogens is 418 g/mol. The van der Waals surface area contributed by atoms with Gasteiger partial charge in [0.15, 0.2) is 18.5 Å². The van der Waals surface area contributed by atoms with E-state index < -0.39 is 54.5 Å². The number of carbonyl (C=O) groups excluding carboxylic acids is 3. The van der Waals surface area contributed by atoms with E-state index in [1.165, 1.54) is 6.92 Å². The molecule has 174 valence electrons. The molecule has 0 aliphatic carbocycles. The minimum absolute atomic E-state index is 0.0321. The Balaban J connectivity index is 3.01. The van der Waals surface area contributed by atoms with E-state index in [1.54, 1.807) is 0 Å². The molecule has 0 aromatic carbocycles. The van der Waals surface area contributed by atoms with Gasteiger partial charge in [0.1, 0.15) is 18.8 Å². The van der Waals surface area contributed by atoms with Gasteiger partial charge in [0.25, 0.3) is 0 Å². The Morgan fingerprint density at radius 3 is 2.19 bits per heavy atom. The molecule has 0 radical (unpaired) electrons. The SMILES string of the molecule is CC(=O)OCC1OC(OCCCCCC(=O)O)C(N=[N+]=[N-])C(OC(C)=O)C1OC(C)=O. The molecule has 1 heterocycles. The van der Waals surface area contributed by atoms with Gasteiger partial charge in [0, 0.05) is 38.7 Å². The van der Waals surface area contributed by atoms with Gasteiger partial charge < -0.3 is 28.8 Å². The quantitative estimate of drug-likeness (QED) is 0.115. The Labute approximate surface area is 178 Å². The molecule has 0 spiro atoms. The molecule has 1 rings (SSSR count). The zero-order valence-electron chi connectivity index (χ0n) is 17.6. The Bertz CT molecular complexity index is 694. The predicted molar refractivity (Wildman–Crippen MR) is 101 cm³/mol. The highest BCUT2D eigenvalue weighted by Crippen LogP contribution is 2.30. The fourth-order valence-electron chi connectivity index (χ4n) is 2.96. The first kappa shape index (κ1) is 26.1. The zero-order chi connectivity index (χ0) is 23.4. The molecule has 31 heavy (non-hydrogen) atoms. The van der Waals surface area contributed by atoms with Crippen molar-refractivity contribution in [3.05, 3.63) is 10.4 Å². The maximum absolute atomic E-state index is 11.6. The maximum Gasteiger partial charge on any atom is 0.303 e. The molecule has 1 aliphatic heterocycles. The van der Waals surface area contributed by atoms with E-state index in [9.17, 15) is 19.2 Å². The molecule has 0 amide bonds. The summed E-state index contributed by atoms with van der Waals surface area (Å²) in [6.45, 7) is 3.25. The number of esters is 3. The monoisotopic (exact) mass is 445 g/mol. The van der Waals surface area contributed by atoms with Gasteiger partial charge >= 0.3 is 23.9 Å². The van der Waals surface area contributed by atoms with Gasteiger partial charge in [-0.1, -0.05) is 11.5 Å². The van der Waals surface area contributed by atoms with Crippen molar-refractivity contribution < 1.29 is 48.0 Å². The summed E-state index contributed by atoms with van der Waals surface area (Å²) in [7, 11) is 0. The lowest BCUT2D eigenvalue weighted by molar-refractivity contribution is -0.273. The molecule has 13 nitrogen and oxygen atoms in total. The van der Waals surface area contributed by atoms with Crippen LogP contribution in [0.5, 0.6) is 0 Å². The molecule has 1 saturated heterocycles. The first-order valence-corrected chi connectivity index (χ1v) is 9.66. The first-order chi connectivity index (χ1) is 14.6. The molecule has 5 unspecified atom stereocenters. The van der Waals surface area contributed by atoms with Crippen LogP contribution in [0.1, 0.15) is 46.5 Å². The van der Waals surface area contributed by atoms with Crippen molar-refractivity contribution in [2.24, 2.45) is 5.11 Å². The summed E-state index contributed by atoms with van der Waals surface area (Å²) in [6.07, 6.45) is -3.14. The molecular formula is C18H27N3O10. The molecule has 13 heteroatoms. The van der Waals surface area contributed by atoms with Crippen molar-refractivity contribution in [2.45, 2.75) is 77.1 Å². The van der Waals surface area contributed by atoms with Crippen LogP contribution in [0.2, 0.25) is 0 Å². The Morgan fingerprint density at radius 2 is 1.65 bits per heavy atom. The van der Waals surface area contributed by atoms with Crippen LogP contribution < -0.4 is 0 Å². The van der Waals surface area contributed by atoms with Crippen molar-refractivity contribution in [3.63, 3.8) is 0 Å². The summed E-state index contributed by atoms with van der Waals surface area (Å²) >= 11 is 0. The molecule has 0 aromatic heterocycles. The Kier molecular flexibility index (Phi) is 11.3. The van der Waals surface area contributed by atoms with Gasteiger partial charge in [-0.25, -0.2) is 0 Å². The van der Waals surface area contributed by atoms with Crippen molar-refractivity contribution >= 4 is 23.9 Å². The van der Waals surface area contributed by atoms with Crippen LogP contribution in [0, 0.1) is 0 Å². The second-order valence-corrected chi connectivity index (χ2v) is 6.76. The minimum Gasteiger partial charge on any atom is -0.481 e. The fraction of sp³-hybridized carbons (Fsp3) is 0.778. The van der Waals surface area contributed by atoms with Crippen LogP contribution in [-0.4, -0.2) is 72.8 Å². The van der Waals surface area contributed by atoms with Crippen LogP contribution in [0.15, 0.2) is 5.11 Å². The van der Waals surface area contributed by atoms with Crippen LogP contribution in [-0.2, 0) is 42.9 Å². The summed E-state index contributed by atoms with van der Waals surface area (Å²) in [4.78, 5) is 47.8. The number of carboxylic acids is 1. The normalized spacial score (nSPS) is 25.1. The van der Waals surface area contributed by atoms with Crippen molar-refractivity contribution in [2.75, 3.05) is 13.2 Å². The lowest BCUT2D eigenvalue weighted by Crippen LogP contribution is -2.61. The summed E-state index contributed by atoms with van der Waals surface area (Å²) in [5.74, 6) is -2.94. The van der Waals surface area contributed by atoms with Crippen molar-refractivity contribution in [1.29, 1.82) is 0 Å². The van der Waals surface area contributed by atoms with E-state index >= 15 is 0 Å². The van der Waals surface area contributed by atoms with Gasteiger partial charge in [-0.3, -0.25) is 19.2 Å². The van der Waals surface area contributed by atoms with E-state index in [0.29, 0.717) is 19.3 Å². The van der Waals surface area contributed by atoms with Crippen molar-refractivity contribution in [1.82, 2.24) is 0 Å². The molecule has 1 aliphatic rings. The average Bonchev–Trinajstić information content (AvgIpc) is 2.66. The summed E-state index contributed by atoms with van der Waals surface area (Å²) < 4.78 is 26.8. The average molecular weight is 445 g/mol. The molecule has 5 atom stereocenters.